The van der Waals surface area contributed by atoms with Crippen LogP contribution in [0.15, 0.2) is 53.2 Å². The van der Waals surface area contributed by atoms with Crippen molar-refractivity contribution in [3.63, 3.8) is 0 Å². The highest BCUT2D eigenvalue weighted by molar-refractivity contribution is 6.19. The molecule has 0 saturated heterocycles. The fourth-order valence-corrected chi connectivity index (χ4v) is 1.29. The van der Waals surface area contributed by atoms with Crippen LogP contribution in [0.4, 0.5) is 11.4 Å². The molecule has 0 fully saturated rings. The molecule has 0 unspecified atom stereocenters. The Morgan fingerprint density at radius 3 is 2.44 bits per heavy atom. The Balaban J connectivity index is 2.32. The van der Waals surface area contributed by atoms with Gasteiger partial charge in [0.25, 0.3) is 0 Å². The fourth-order valence-electron chi connectivity index (χ4n) is 1.29. The van der Waals surface area contributed by atoms with E-state index in [9.17, 15) is 9.90 Å². The van der Waals surface area contributed by atoms with Gasteiger partial charge in [-0.15, -0.1) is 0 Å². The zero-order chi connectivity index (χ0) is 11.5. The molecule has 80 valence electrons. The van der Waals surface area contributed by atoms with Crippen molar-refractivity contribution in [2.75, 3.05) is 5.73 Å². The molecule has 0 saturated carbocycles. The van der Waals surface area contributed by atoms with Crippen molar-refractivity contribution < 1.29 is 9.90 Å². The third-order valence-corrected chi connectivity index (χ3v) is 2.09. The van der Waals surface area contributed by atoms with E-state index in [-0.39, 0.29) is 11.5 Å². The van der Waals surface area contributed by atoms with Gasteiger partial charge < -0.3 is 10.8 Å². The van der Waals surface area contributed by atoms with E-state index in [1.54, 1.807) is 24.3 Å². The topological polar surface area (TPSA) is 75.7 Å². The lowest BCUT2D eigenvalue weighted by atomic mass is 10.1. The number of allylic oxidation sites excluding steroid dienone is 3. The van der Waals surface area contributed by atoms with Crippen molar-refractivity contribution in [3.8, 4) is 0 Å². The molecule has 1 aromatic carbocycles. The van der Waals surface area contributed by atoms with Gasteiger partial charge in [-0.3, -0.25) is 4.79 Å². The molecule has 1 aliphatic rings. The number of carbonyl (C=O) groups excluding carboxylic acids is 1. The Kier molecular flexibility index (Phi) is 2.55. The molecular formula is C12H10N2O2. The normalized spacial score (nSPS) is 17.6. The highest BCUT2D eigenvalue weighted by atomic mass is 16.3. The Bertz CT molecular complexity index is 510. The van der Waals surface area contributed by atoms with Gasteiger partial charge in [0.15, 0.2) is 5.78 Å². The first-order valence-electron chi connectivity index (χ1n) is 4.72. The molecule has 4 heteroatoms. The summed E-state index contributed by atoms with van der Waals surface area (Å²) in [5, 5.41) is 9.49. The summed E-state index contributed by atoms with van der Waals surface area (Å²) in [7, 11) is 0. The summed E-state index contributed by atoms with van der Waals surface area (Å²) in [6, 6.07) is 6.91. The molecule has 16 heavy (non-hydrogen) atoms. The van der Waals surface area contributed by atoms with Crippen LogP contribution in [0.5, 0.6) is 0 Å². The van der Waals surface area contributed by atoms with Crippen molar-refractivity contribution in [3.05, 3.63) is 48.3 Å². The first-order chi connectivity index (χ1) is 7.65. The second-order valence-electron chi connectivity index (χ2n) is 3.35. The minimum Gasteiger partial charge on any atom is -0.506 e. The molecule has 0 spiro atoms. The Morgan fingerprint density at radius 2 is 1.81 bits per heavy atom. The smallest absolute Gasteiger partial charge is 0.182 e. The molecule has 0 amide bonds. The van der Waals surface area contributed by atoms with E-state index in [4.69, 9.17) is 5.73 Å². The maximum Gasteiger partial charge on any atom is 0.182 e. The average molecular weight is 214 g/mol. The van der Waals surface area contributed by atoms with E-state index in [1.807, 2.05) is 0 Å². The van der Waals surface area contributed by atoms with Crippen LogP contribution in [0, 0.1) is 0 Å². The number of carbonyl (C=O) groups is 1. The highest BCUT2D eigenvalue weighted by Crippen LogP contribution is 2.16. The summed E-state index contributed by atoms with van der Waals surface area (Å²) in [4.78, 5) is 15.1. The Hall–Kier alpha value is -2.36. The first-order valence-corrected chi connectivity index (χ1v) is 4.72. The van der Waals surface area contributed by atoms with Crippen LogP contribution in [-0.2, 0) is 4.79 Å². The maximum atomic E-state index is 10.9. The quantitative estimate of drug-likeness (QED) is 0.554. The van der Waals surface area contributed by atoms with E-state index in [0.717, 1.165) is 6.08 Å². The van der Waals surface area contributed by atoms with E-state index < -0.39 is 0 Å². The second-order valence-corrected chi connectivity index (χ2v) is 3.35. The lowest BCUT2D eigenvalue weighted by Crippen LogP contribution is -2.06. The molecule has 0 atom stereocenters. The predicted molar refractivity (Wildman–Crippen MR) is 62.8 cm³/mol. The van der Waals surface area contributed by atoms with Gasteiger partial charge in [0.2, 0.25) is 0 Å². The van der Waals surface area contributed by atoms with Crippen molar-refractivity contribution in [2.45, 2.75) is 0 Å². The molecule has 1 aromatic rings. The number of nitrogen functional groups attached to an aromatic ring is 1. The second kappa shape index (κ2) is 4.02. The molecule has 0 aliphatic heterocycles. The van der Waals surface area contributed by atoms with Gasteiger partial charge in [-0.05, 0) is 36.4 Å². The minimum absolute atomic E-state index is 0.121. The monoisotopic (exact) mass is 214 g/mol. The standard InChI is InChI=1S/C12H10N2O2/c13-8-1-3-9(4-2-8)14-11-6-5-10(15)7-12(11)16/h1-7,16H,13H2. The van der Waals surface area contributed by atoms with Crippen LogP contribution in [-0.4, -0.2) is 16.6 Å². The van der Waals surface area contributed by atoms with Gasteiger partial charge in [0, 0.05) is 11.8 Å². The number of aliphatic imine (C=N–C) groups is 1. The predicted octanol–water partition coefficient (Wildman–Crippen LogP) is 1.92. The van der Waals surface area contributed by atoms with Gasteiger partial charge >= 0.3 is 0 Å². The van der Waals surface area contributed by atoms with Gasteiger partial charge in [-0.1, -0.05) is 0 Å². The summed E-state index contributed by atoms with van der Waals surface area (Å²) < 4.78 is 0. The van der Waals surface area contributed by atoms with Crippen molar-refractivity contribution in [2.24, 2.45) is 4.99 Å². The van der Waals surface area contributed by atoms with Crippen molar-refractivity contribution in [1.82, 2.24) is 0 Å². The number of ketones is 1. The SMILES string of the molecule is Nc1ccc(N=C2C=CC(=O)C=C2O)cc1. The van der Waals surface area contributed by atoms with E-state index >= 15 is 0 Å². The lowest BCUT2D eigenvalue weighted by molar-refractivity contribution is -0.110. The third-order valence-electron chi connectivity index (χ3n) is 2.09. The molecule has 4 nitrogen and oxygen atoms in total. The summed E-state index contributed by atoms with van der Waals surface area (Å²) in [6.07, 6.45) is 3.97. The molecule has 2 rings (SSSR count). The van der Waals surface area contributed by atoms with Gasteiger partial charge in [0.05, 0.1) is 5.69 Å². The summed E-state index contributed by atoms with van der Waals surface area (Å²) in [5.41, 5.74) is 7.22. The van der Waals surface area contributed by atoms with Gasteiger partial charge in [0.1, 0.15) is 11.5 Å². The molecule has 0 aromatic heterocycles. The zero-order valence-corrected chi connectivity index (χ0v) is 8.42. The maximum absolute atomic E-state index is 10.9. The highest BCUT2D eigenvalue weighted by Gasteiger charge is 2.09. The van der Waals surface area contributed by atoms with Gasteiger partial charge in [-0.2, -0.15) is 0 Å². The number of hydrogen-bond donors (Lipinski definition) is 2. The first kappa shape index (κ1) is 10.2. The van der Waals surface area contributed by atoms with E-state index in [2.05, 4.69) is 4.99 Å². The lowest BCUT2D eigenvalue weighted by Gasteiger charge is -2.04. The van der Waals surface area contributed by atoms with Crippen molar-refractivity contribution >= 4 is 22.9 Å². The molecule has 0 heterocycles. The summed E-state index contributed by atoms with van der Waals surface area (Å²) in [5.74, 6) is -0.363. The number of benzene rings is 1. The van der Waals surface area contributed by atoms with Crippen LogP contribution in [0.1, 0.15) is 0 Å². The number of nitrogens with zero attached hydrogens (tertiary/aromatic N) is 1. The van der Waals surface area contributed by atoms with Crippen LogP contribution in [0.3, 0.4) is 0 Å². The number of anilines is 1. The molecule has 0 radical (unpaired) electrons. The van der Waals surface area contributed by atoms with Gasteiger partial charge in [-0.25, -0.2) is 4.99 Å². The zero-order valence-electron chi connectivity index (χ0n) is 8.42. The number of hydrogen-bond acceptors (Lipinski definition) is 4. The molecule has 0 bridgehead atoms. The average Bonchev–Trinajstić information content (AvgIpc) is 2.25. The molecule has 3 N–H and O–H groups in total. The summed E-state index contributed by atoms with van der Waals surface area (Å²) in [6.45, 7) is 0. The Labute approximate surface area is 92.4 Å². The van der Waals surface area contributed by atoms with Crippen LogP contribution in [0.2, 0.25) is 0 Å². The Morgan fingerprint density at radius 1 is 1.12 bits per heavy atom. The summed E-state index contributed by atoms with van der Waals surface area (Å²) >= 11 is 0. The van der Waals surface area contributed by atoms with Crippen LogP contribution >= 0.6 is 0 Å². The minimum atomic E-state index is -0.242. The van der Waals surface area contributed by atoms with E-state index in [0.29, 0.717) is 17.1 Å². The van der Waals surface area contributed by atoms with E-state index in [1.165, 1.54) is 12.2 Å². The van der Waals surface area contributed by atoms with Crippen LogP contribution in [0.25, 0.3) is 0 Å². The fraction of sp³-hybridized carbons (Fsp3) is 0. The largest absolute Gasteiger partial charge is 0.506 e. The number of aliphatic hydroxyl groups excluding tert-OH is 1. The van der Waals surface area contributed by atoms with Crippen molar-refractivity contribution in [1.29, 1.82) is 0 Å². The van der Waals surface area contributed by atoms with Crippen LogP contribution < -0.4 is 5.73 Å². The number of rotatable bonds is 1. The third kappa shape index (κ3) is 2.17. The number of aliphatic hydroxyl groups is 1. The number of nitrogens with two attached hydrogens (primary N) is 1. The molecule has 1 aliphatic carbocycles. The molecular weight excluding hydrogens is 204 g/mol.